The van der Waals surface area contributed by atoms with Gasteiger partial charge in [-0.2, -0.15) is 0 Å². The molecule has 2 aromatic rings. The SMILES string of the molecule is C=CCCC1COC(c2ccc(C#Cc3ccc(C)cc3F)cc2)OC1. The Morgan fingerprint density at radius 2 is 1.85 bits per heavy atom. The number of benzene rings is 2. The van der Waals surface area contributed by atoms with E-state index in [9.17, 15) is 4.39 Å². The molecule has 0 N–H and O–H groups in total. The van der Waals surface area contributed by atoms with Crippen molar-refractivity contribution in [3.63, 3.8) is 0 Å². The molecule has 134 valence electrons. The molecule has 2 aromatic carbocycles. The Morgan fingerprint density at radius 3 is 2.50 bits per heavy atom. The summed E-state index contributed by atoms with van der Waals surface area (Å²) in [5, 5.41) is 0. The highest BCUT2D eigenvalue weighted by molar-refractivity contribution is 5.44. The van der Waals surface area contributed by atoms with Gasteiger partial charge in [0.1, 0.15) is 5.82 Å². The van der Waals surface area contributed by atoms with E-state index in [0.29, 0.717) is 24.7 Å². The van der Waals surface area contributed by atoms with Crippen LogP contribution in [0.25, 0.3) is 0 Å². The first kappa shape index (κ1) is 18.4. The van der Waals surface area contributed by atoms with Crippen LogP contribution in [0.4, 0.5) is 4.39 Å². The van der Waals surface area contributed by atoms with Crippen LogP contribution >= 0.6 is 0 Å². The fourth-order valence-corrected chi connectivity index (χ4v) is 2.84. The maximum atomic E-state index is 13.8. The van der Waals surface area contributed by atoms with Crippen LogP contribution in [-0.2, 0) is 9.47 Å². The van der Waals surface area contributed by atoms with Gasteiger partial charge in [0.05, 0.1) is 18.8 Å². The van der Waals surface area contributed by atoms with Crippen molar-refractivity contribution in [1.82, 2.24) is 0 Å². The number of allylic oxidation sites excluding steroid dienone is 1. The van der Waals surface area contributed by atoms with Gasteiger partial charge in [0.15, 0.2) is 6.29 Å². The van der Waals surface area contributed by atoms with Crippen LogP contribution in [0.15, 0.2) is 55.1 Å². The first-order chi connectivity index (χ1) is 12.7. The van der Waals surface area contributed by atoms with Crippen LogP contribution in [0.2, 0.25) is 0 Å². The van der Waals surface area contributed by atoms with E-state index in [1.807, 2.05) is 43.3 Å². The van der Waals surface area contributed by atoms with Gasteiger partial charge in [-0.25, -0.2) is 4.39 Å². The molecule has 3 rings (SSSR count). The van der Waals surface area contributed by atoms with E-state index in [1.54, 1.807) is 6.07 Å². The van der Waals surface area contributed by atoms with Crippen molar-refractivity contribution in [2.45, 2.75) is 26.1 Å². The van der Waals surface area contributed by atoms with E-state index in [-0.39, 0.29) is 12.1 Å². The molecule has 0 spiro atoms. The van der Waals surface area contributed by atoms with Gasteiger partial charge in [-0.05, 0) is 49.6 Å². The van der Waals surface area contributed by atoms with Gasteiger partial charge < -0.3 is 9.47 Å². The third-order valence-corrected chi connectivity index (χ3v) is 4.39. The summed E-state index contributed by atoms with van der Waals surface area (Å²) in [5.41, 5.74) is 3.09. The van der Waals surface area contributed by atoms with E-state index >= 15 is 0 Å². The normalized spacial score (nSPS) is 19.5. The number of rotatable bonds is 4. The number of ether oxygens (including phenoxy) is 2. The predicted octanol–water partition coefficient (Wildman–Crippen LogP) is 5.16. The number of hydrogen-bond donors (Lipinski definition) is 0. The standard InChI is InChI=1S/C23H23FO2/c1-3-4-5-19-15-25-23(26-16-19)21-12-8-18(9-13-21)7-11-20-10-6-17(2)14-22(20)24/h3,6,8-10,12-14,19,23H,1,4-5,15-16H2,2H3. The van der Waals surface area contributed by atoms with Crippen LogP contribution in [-0.4, -0.2) is 13.2 Å². The molecule has 0 aliphatic carbocycles. The minimum absolute atomic E-state index is 0.288. The van der Waals surface area contributed by atoms with Crippen molar-refractivity contribution in [3.05, 3.63) is 83.2 Å². The van der Waals surface area contributed by atoms with Crippen LogP contribution in [0.1, 0.15) is 41.4 Å². The summed E-state index contributed by atoms with van der Waals surface area (Å²) in [6.45, 7) is 7.00. The number of hydrogen-bond acceptors (Lipinski definition) is 2. The lowest BCUT2D eigenvalue weighted by Crippen LogP contribution is -2.26. The van der Waals surface area contributed by atoms with Gasteiger partial charge in [-0.1, -0.05) is 36.1 Å². The molecule has 1 saturated heterocycles. The van der Waals surface area contributed by atoms with Crippen molar-refractivity contribution in [2.75, 3.05) is 13.2 Å². The Morgan fingerprint density at radius 1 is 1.12 bits per heavy atom. The van der Waals surface area contributed by atoms with Crippen molar-refractivity contribution in [1.29, 1.82) is 0 Å². The highest BCUT2D eigenvalue weighted by Gasteiger charge is 2.22. The van der Waals surface area contributed by atoms with Crippen LogP contribution in [0.5, 0.6) is 0 Å². The molecule has 26 heavy (non-hydrogen) atoms. The molecule has 2 nitrogen and oxygen atoms in total. The van der Waals surface area contributed by atoms with E-state index in [1.165, 1.54) is 6.07 Å². The Bertz CT molecular complexity index is 806. The second-order valence-electron chi connectivity index (χ2n) is 6.59. The average Bonchev–Trinajstić information content (AvgIpc) is 2.66. The van der Waals surface area contributed by atoms with Gasteiger partial charge in [0.2, 0.25) is 0 Å². The van der Waals surface area contributed by atoms with Crippen molar-refractivity contribution < 1.29 is 13.9 Å². The van der Waals surface area contributed by atoms with Crippen LogP contribution in [0, 0.1) is 30.5 Å². The largest absolute Gasteiger partial charge is 0.348 e. The van der Waals surface area contributed by atoms with Gasteiger partial charge >= 0.3 is 0 Å². The Labute approximate surface area is 154 Å². The molecule has 1 heterocycles. The molecule has 0 radical (unpaired) electrons. The zero-order valence-electron chi connectivity index (χ0n) is 15.0. The van der Waals surface area contributed by atoms with Gasteiger partial charge in [0, 0.05) is 17.0 Å². The summed E-state index contributed by atoms with van der Waals surface area (Å²) in [7, 11) is 0. The number of aryl methyl sites for hydroxylation is 1. The summed E-state index contributed by atoms with van der Waals surface area (Å²) in [5.74, 6) is 6.03. The zero-order valence-corrected chi connectivity index (χ0v) is 15.0. The quantitative estimate of drug-likeness (QED) is 0.560. The van der Waals surface area contributed by atoms with Crippen molar-refractivity contribution >= 4 is 0 Å². The minimum Gasteiger partial charge on any atom is -0.348 e. The molecular weight excluding hydrogens is 327 g/mol. The Hall–Kier alpha value is -2.41. The summed E-state index contributed by atoms with van der Waals surface area (Å²) in [6, 6.07) is 12.8. The minimum atomic E-state index is -0.327. The summed E-state index contributed by atoms with van der Waals surface area (Å²) < 4.78 is 25.5. The maximum absolute atomic E-state index is 13.8. The lowest BCUT2D eigenvalue weighted by Gasteiger charge is -2.29. The second kappa shape index (κ2) is 8.80. The molecule has 0 bridgehead atoms. The maximum Gasteiger partial charge on any atom is 0.183 e. The first-order valence-corrected chi connectivity index (χ1v) is 8.88. The lowest BCUT2D eigenvalue weighted by atomic mass is 10.0. The third-order valence-electron chi connectivity index (χ3n) is 4.39. The van der Waals surface area contributed by atoms with E-state index in [0.717, 1.165) is 29.5 Å². The lowest BCUT2D eigenvalue weighted by molar-refractivity contribution is -0.205. The van der Waals surface area contributed by atoms with E-state index < -0.39 is 0 Å². The van der Waals surface area contributed by atoms with Crippen LogP contribution < -0.4 is 0 Å². The van der Waals surface area contributed by atoms with Crippen molar-refractivity contribution in [3.8, 4) is 11.8 Å². The smallest absolute Gasteiger partial charge is 0.183 e. The fourth-order valence-electron chi connectivity index (χ4n) is 2.84. The molecule has 1 aliphatic heterocycles. The van der Waals surface area contributed by atoms with Gasteiger partial charge in [-0.3, -0.25) is 0 Å². The van der Waals surface area contributed by atoms with Crippen LogP contribution in [0.3, 0.4) is 0 Å². The Kier molecular flexibility index (Phi) is 6.22. The molecule has 1 aliphatic rings. The summed E-state index contributed by atoms with van der Waals surface area (Å²) in [4.78, 5) is 0. The summed E-state index contributed by atoms with van der Waals surface area (Å²) >= 11 is 0. The summed E-state index contributed by atoms with van der Waals surface area (Å²) in [6.07, 6.45) is 3.62. The average molecular weight is 350 g/mol. The van der Waals surface area contributed by atoms with Gasteiger partial charge in [0.25, 0.3) is 0 Å². The fraction of sp³-hybridized carbons (Fsp3) is 0.304. The molecule has 0 aromatic heterocycles. The first-order valence-electron chi connectivity index (χ1n) is 8.88. The topological polar surface area (TPSA) is 18.5 Å². The van der Waals surface area contributed by atoms with Crippen molar-refractivity contribution in [2.24, 2.45) is 5.92 Å². The number of halogens is 1. The monoisotopic (exact) mass is 350 g/mol. The predicted molar refractivity (Wildman–Crippen MR) is 101 cm³/mol. The van der Waals surface area contributed by atoms with E-state index in [2.05, 4.69) is 18.4 Å². The molecule has 3 heteroatoms. The molecule has 0 unspecified atom stereocenters. The van der Waals surface area contributed by atoms with Gasteiger partial charge in [-0.15, -0.1) is 6.58 Å². The molecular formula is C23H23FO2. The highest BCUT2D eigenvalue weighted by atomic mass is 19.1. The highest BCUT2D eigenvalue weighted by Crippen LogP contribution is 2.27. The molecule has 1 fully saturated rings. The Balaban J connectivity index is 1.61. The molecule has 0 saturated carbocycles. The second-order valence-corrected chi connectivity index (χ2v) is 6.59. The molecule has 0 atom stereocenters. The molecule has 0 amide bonds. The zero-order chi connectivity index (χ0) is 18.4. The van der Waals surface area contributed by atoms with E-state index in [4.69, 9.17) is 9.47 Å². The third kappa shape index (κ3) is 4.82.